The largest absolute Gasteiger partial charge is 0.504 e. The van der Waals surface area contributed by atoms with E-state index in [9.17, 15) is 24.5 Å². The van der Waals surface area contributed by atoms with Gasteiger partial charge in [0.15, 0.2) is 17.3 Å². The topological polar surface area (TPSA) is 90.9 Å². The summed E-state index contributed by atoms with van der Waals surface area (Å²) in [6.45, 7) is 0. The summed E-state index contributed by atoms with van der Waals surface area (Å²) in [5.74, 6) is -2.26. The maximum absolute atomic E-state index is 13.1. The van der Waals surface area contributed by atoms with Gasteiger partial charge in [0.1, 0.15) is 11.4 Å². The molecule has 106 valence electrons. The Morgan fingerprint density at radius 3 is 2.43 bits per heavy atom. The predicted octanol–water partition coefficient (Wildman–Crippen LogP) is 2.72. The molecule has 3 rings (SSSR count). The van der Waals surface area contributed by atoms with Crippen molar-refractivity contribution in [1.29, 1.82) is 0 Å². The average molecular weight is 288 g/mol. The summed E-state index contributed by atoms with van der Waals surface area (Å²) in [5, 5.41) is 28.6. The number of phenols is 2. The van der Waals surface area contributed by atoms with E-state index in [1.54, 1.807) is 0 Å². The summed E-state index contributed by atoms with van der Waals surface area (Å²) in [5.41, 5.74) is -0.480. The molecule has 0 atom stereocenters. The van der Waals surface area contributed by atoms with Gasteiger partial charge in [-0.05, 0) is 36.4 Å². The van der Waals surface area contributed by atoms with Crippen LogP contribution < -0.4 is 5.43 Å². The highest BCUT2D eigenvalue weighted by atomic mass is 19.1. The molecule has 0 aliphatic rings. The van der Waals surface area contributed by atoms with Crippen molar-refractivity contribution in [1.82, 2.24) is 0 Å². The van der Waals surface area contributed by atoms with Gasteiger partial charge in [-0.25, -0.2) is 4.39 Å². The number of phenolic OH excluding ortho intramolecular Hbond substituents is 2. The zero-order chi connectivity index (χ0) is 15.1. The van der Waals surface area contributed by atoms with Crippen LogP contribution in [0.4, 0.5) is 4.39 Å². The molecule has 1 heterocycles. The Kier molecular flexibility index (Phi) is 2.79. The summed E-state index contributed by atoms with van der Waals surface area (Å²) in [7, 11) is 0. The van der Waals surface area contributed by atoms with Gasteiger partial charge in [-0.3, -0.25) is 4.79 Å². The Labute approximate surface area is 117 Å². The number of hydrogen-bond donors (Lipinski definition) is 3. The van der Waals surface area contributed by atoms with E-state index in [-0.39, 0.29) is 28.0 Å². The van der Waals surface area contributed by atoms with E-state index >= 15 is 0 Å². The van der Waals surface area contributed by atoms with Crippen LogP contribution in [0.2, 0.25) is 0 Å². The summed E-state index contributed by atoms with van der Waals surface area (Å²) >= 11 is 0. The lowest BCUT2D eigenvalue weighted by Crippen LogP contribution is -2.02. The first kappa shape index (κ1) is 13.0. The Morgan fingerprint density at radius 1 is 0.952 bits per heavy atom. The highest BCUT2D eigenvalue weighted by molar-refractivity contribution is 5.82. The van der Waals surface area contributed by atoms with E-state index in [2.05, 4.69) is 0 Å². The molecular formula is C15H9FO5. The van der Waals surface area contributed by atoms with Crippen LogP contribution in [0.15, 0.2) is 45.6 Å². The van der Waals surface area contributed by atoms with E-state index in [0.29, 0.717) is 0 Å². The molecule has 2 aromatic carbocycles. The van der Waals surface area contributed by atoms with Crippen LogP contribution in [0, 0.1) is 5.82 Å². The van der Waals surface area contributed by atoms with E-state index in [4.69, 9.17) is 4.42 Å². The van der Waals surface area contributed by atoms with Crippen LogP contribution in [-0.4, -0.2) is 15.3 Å². The third-order valence-corrected chi connectivity index (χ3v) is 3.07. The van der Waals surface area contributed by atoms with Gasteiger partial charge in [-0.1, -0.05) is 0 Å². The maximum Gasteiger partial charge on any atom is 0.235 e. The van der Waals surface area contributed by atoms with Gasteiger partial charge in [0.2, 0.25) is 11.2 Å². The number of fused-ring (bicyclic) bond motifs is 1. The first-order chi connectivity index (χ1) is 9.97. The summed E-state index contributed by atoms with van der Waals surface area (Å²) in [6.07, 6.45) is 0. The normalized spacial score (nSPS) is 10.9. The van der Waals surface area contributed by atoms with Crippen molar-refractivity contribution in [2.45, 2.75) is 0 Å². The number of benzene rings is 2. The van der Waals surface area contributed by atoms with Crippen LogP contribution in [0.1, 0.15) is 0 Å². The Hall–Kier alpha value is -3.02. The molecule has 0 fully saturated rings. The van der Waals surface area contributed by atoms with E-state index < -0.39 is 22.7 Å². The molecular weight excluding hydrogens is 279 g/mol. The van der Waals surface area contributed by atoms with Crippen molar-refractivity contribution in [3.8, 4) is 28.6 Å². The molecule has 0 aliphatic heterocycles. The van der Waals surface area contributed by atoms with Crippen LogP contribution >= 0.6 is 0 Å². The molecule has 0 unspecified atom stereocenters. The van der Waals surface area contributed by atoms with Crippen LogP contribution in [0.5, 0.6) is 17.2 Å². The molecule has 0 aliphatic carbocycles. The summed E-state index contributed by atoms with van der Waals surface area (Å²) < 4.78 is 18.5. The molecule has 0 bridgehead atoms. The standard InChI is InChI=1S/C15H9FO5/c16-8-2-4-12-9(6-8)13(19)14(20)15(21-12)7-1-3-10(17)11(18)5-7/h1-6,17-18,20H. The lowest BCUT2D eigenvalue weighted by Gasteiger charge is -2.07. The van der Waals surface area contributed by atoms with E-state index in [0.717, 1.165) is 18.2 Å². The molecule has 21 heavy (non-hydrogen) atoms. The van der Waals surface area contributed by atoms with Gasteiger partial charge >= 0.3 is 0 Å². The fraction of sp³-hybridized carbons (Fsp3) is 0. The quantitative estimate of drug-likeness (QED) is 0.599. The molecule has 0 radical (unpaired) electrons. The number of aromatic hydroxyl groups is 3. The molecule has 6 heteroatoms. The minimum absolute atomic E-state index is 0.0840. The van der Waals surface area contributed by atoms with Crippen LogP contribution in [-0.2, 0) is 0 Å². The molecule has 0 saturated heterocycles. The lowest BCUT2D eigenvalue weighted by molar-refractivity contribution is 0.403. The number of hydrogen-bond acceptors (Lipinski definition) is 5. The Bertz CT molecular complexity index is 914. The highest BCUT2D eigenvalue weighted by Crippen LogP contribution is 2.35. The fourth-order valence-corrected chi connectivity index (χ4v) is 2.02. The minimum Gasteiger partial charge on any atom is -0.504 e. The smallest absolute Gasteiger partial charge is 0.235 e. The molecule has 3 aromatic rings. The second-order valence-corrected chi connectivity index (χ2v) is 4.45. The maximum atomic E-state index is 13.1. The van der Waals surface area contributed by atoms with Crippen molar-refractivity contribution < 1.29 is 24.1 Å². The van der Waals surface area contributed by atoms with Gasteiger partial charge in [0.25, 0.3) is 0 Å². The number of halogens is 1. The van der Waals surface area contributed by atoms with Crippen molar-refractivity contribution >= 4 is 11.0 Å². The second kappa shape index (κ2) is 4.52. The van der Waals surface area contributed by atoms with Gasteiger partial charge in [-0.15, -0.1) is 0 Å². The first-order valence-electron chi connectivity index (χ1n) is 5.95. The van der Waals surface area contributed by atoms with E-state index in [1.165, 1.54) is 18.2 Å². The molecule has 5 nitrogen and oxygen atoms in total. The highest BCUT2D eigenvalue weighted by Gasteiger charge is 2.16. The van der Waals surface area contributed by atoms with Gasteiger partial charge in [-0.2, -0.15) is 0 Å². The summed E-state index contributed by atoms with van der Waals surface area (Å²) in [4.78, 5) is 12.0. The zero-order valence-electron chi connectivity index (χ0n) is 10.5. The van der Waals surface area contributed by atoms with Crippen molar-refractivity contribution in [2.24, 2.45) is 0 Å². The van der Waals surface area contributed by atoms with Gasteiger partial charge in [0.05, 0.1) is 5.39 Å². The predicted molar refractivity (Wildman–Crippen MR) is 72.9 cm³/mol. The Balaban J connectivity index is 2.33. The van der Waals surface area contributed by atoms with E-state index in [1.807, 2.05) is 0 Å². The zero-order valence-corrected chi connectivity index (χ0v) is 10.5. The lowest BCUT2D eigenvalue weighted by atomic mass is 10.1. The van der Waals surface area contributed by atoms with Crippen LogP contribution in [0.3, 0.4) is 0 Å². The average Bonchev–Trinajstić information content (AvgIpc) is 2.46. The SMILES string of the molecule is O=c1c(O)c(-c2ccc(O)c(O)c2)oc2ccc(F)cc12. The second-order valence-electron chi connectivity index (χ2n) is 4.45. The van der Waals surface area contributed by atoms with Crippen LogP contribution in [0.25, 0.3) is 22.3 Å². The minimum atomic E-state index is -0.779. The van der Waals surface area contributed by atoms with Crippen molar-refractivity contribution in [3.05, 3.63) is 52.4 Å². The third-order valence-electron chi connectivity index (χ3n) is 3.07. The molecule has 0 saturated carbocycles. The van der Waals surface area contributed by atoms with Crippen molar-refractivity contribution in [2.75, 3.05) is 0 Å². The first-order valence-corrected chi connectivity index (χ1v) is 5.95. The third kappa shape index (κ3) is 2.06. The molecule has 3 N–H and O–H groups in total. The van der Waals surface area contributed by atoms with Crippen molar-refractivity contribution in [3.63, 3.8) is 0 Å². The fourth-order valence-electron chi connectivity index (χ4n) is 2.02. The number of rotatable bonds is 1. The van der Waals surface area contributed by atoms with Gasteiger partial charge < -0.3 is 19.7 Å². The molecule has 1 aromatic heterocycles. The summed E-state index contributed by atoms with van der Waals surface area (Å²) in [6, 6.07) is 7.07. The Morgan fingerprint density at radius 2 is 1.71 bits per heavy atom. The molecule has 0 amide bonds. The monoisotopic (exact) mass is 288 g/mol. The molecule has 0 spiro atoms. The van der Waals surface area contributed by atoms with Gasteiger partial charge in [0, 0.05) is 5.56 Å².